The highest BCUT2D eigenvalue weighted by atomic mass is 16.6. The predicted octanol–water partition coefficient (Wildman–Crippen LogP) is 5.39. The van der Waals surface area contributed by atoms with E-state index in [-0.39, 0.29) is 17.1 Å². The van der Waals surface area contributed by atoms with E-state index >= 15 is 0 Å². The highest BCUT2D eigenvalue weighted by Gasteiger charge is 2.20. The first kappa shape index (κ1) is 18.6. The Labute approximate surface area is 166 Å². The van der Waals surface area contributed by atoms with E-state index in [9.17, 15) is 9.59 Å². The van der Waals surface area contributed by atoms with Crippen LogP contribution in [0, 0.1) is 13.8 Å². The fourth-order valence-corrected chi connectivity index (χ4v) is 2.96. The zero-order chi connectivity index (χ0) is 20.5. The molecule has 6 nitrogen and oxygen atoms in total. The van der Waals surface area contributed by atoms with Crippen molar-refractivity contribution in [1.29, 1.82) is 0 Å². The summed E-state index contributed by atoms with van der Waals surface area (Å²) in [6.45, 7) is 4.56. The van der Waals surface area contributed by atoms with Crippen LogP contribution in [0.3, 0.4) is 0 Å². The zero-order valence-electron chi connectivity index (χ0n) is 16.1. The molecule has 4 aromatic rings. The van der Waals surface area contributed by atoms with E-state index in [1.54, 1.807) is 19.9 Å². The first-order valence-electron chi connectivity index (χ1n) is 9.02. The largest absolute Gasteiger partial charge is 0.453 e. The molecule has 0 saturated heterocycles. The Morgan fingerprint density at radius 2 is 1.55 bits per heavy atom. The second-order valence-electron chi connectivity index (χ2n) is 6.59. The standard InChI is InChI=1S/C17H14O5.C6H4O/c1-9-15(20-11(3)18)10(2)17(19)22-16(9)14-8-12-6-4-5-7-13(12)21-14;1-2-4-6-5(3-1)7-6/h4-8H,1-3H3;1-4H. The molecule has 0 unspecified atom stereocenters. The second kappa shape index (κ2) is 7.31. The molecule has 0 fully saturated rings. The van der Waals surface area contributed by atoms with Gasteiger partial charge in [0.1, 0.15) is 11.3 Å². The molecule has 5 rings (SSSR count). The van der Waals surface area contributed by atoms with Crippen molar-refractivity contribution in [3.8, 4) is 28.8 Å². The van der Waals surface area contributed by atoms with Gasteiger partial charge in [0, 0.05) is 17.9 Å². The van der Waals surface area contributed by atoms with Gasteiger partial charge in [-0.05, 0) is 38.1 Å². The summed E-state index contributed by atoms with van der Waals surface area (Å²) in [6, 6.07) is 17.1. The highest BCUT2D eigenvalue weighted by molar-refractivity contribution is 5.82. The van der Waals surface area contributed by atoms with E-state index < -0.39 is 11.6 Å². The van der Waals surface area contributed by atoms with Crippen LogP contribution in [-0.4, -0.2) is 5.97 Å². The van der Waals surface area contributed by atoms with Crippen molar-refractivity contribution >= 4 is 16.9 Å². The van der Waals surface area contributed by atoms with Gasteiger partial charge >= 0.3 is 11.6 Å². The van der Waals surface area contributed by atoms with Gasteiger partial charge in [0.25, 0.3) is 0 Å². The van der Waals surface area contributed by atoms with Crippen molar-refractivity contribution in [1.82, 2.24) is 0 Å². The molecule has 0 atom stereocenters. The van der Waals surface area contributed by atoms with E-state index in [4.69, 9.17) is 18.3 Å². The fourth-order valence-electron chi connectivity index (χ4n) is 2.96. The van der Waals surface area contributed by atoms with Crippen LogP contribution in [0.2, 0.25) is 0 Å². The smallest absolute Gasteiger partial charge is 0.343 e. The van der Waals surface area contributed by atoms with E-state index in [2.05, 4.69) is 0 Å². The third-order valence-corrected chi connectivity index (χ3v) is 4.45. The normalized spacial score (nSPS) is 11.1. The van der Waals surface area contributed by atoms with Gasteiger partial charge in [-0.1, -0.05) is 30.3 Å². The van der Waals surface area contributed by atoms with Gasteiger partial charge in [0.05, 0.1) is 5.56 Å². The number of carbonyl (C=O) groups excluding carboxylic acids is 1. The second-order valence-corrected chi connectivity index (χ2v) is 6.59. The quantitative estimate of drug-likeness (QED) is 0.297. The van der Waals surface area contributed by atoms with Gasteiger partial charge in [-0.2, -0.15) is 0 Å². The number of hydrogen-bond donors (Lipinski definition) is 0. The van der Waals surface area contributed by atoms with Crippen LogP contribution in [0.25, 0.3) is 22.5 Å². The van der Waals surface area contributed by atoms with Gasteiger partial charge in [0.15, 0.2) is 23.0 Å². The van der Waals surface area contributed by atoms with Crippen molar-refractivity contribution in [3.05, 3.63) is 76.1 Å². The molecule has 0 aliphatic carbocycles. The maximum Gasteiger partial charge on any atom is 0.343 e. The first-order valence-corrected chi connectivity index (χ1v) is 9.02. The summed E-state index contributed by atoms with van der Waals surface area (Å²) in [5.74, 6) is 2.48. The Hall–Kier alpha value is -3.80. The summed E-state index contributed by atoms with van der Waals surface area (Å²) < 4.78 is 21.1. The lowest BCUT2D eigenvalue weighted by Crippen LogP contribution is -2.12. The molecular formula is C23H18O6. The molecule has 0 radical (unpaired) electrons. The lowest BCUT2D eigenvalue weighted by atomic mass is 10.1. The number of rotatable bonds is 2. The number of carbonyl (C=O) groups is 1. The van der Waals surface area contributed by atoms with E-state index in [0.717, 1.165) is 16.9 Å². The molecule has 2 aromatic heterocycles. The summed E-state index contributed by atoms with van der Waals surface area (Å²) in [5, 5.41) is 0.897. The Bertz CT molecular complexity index is 1220. The number of furan rings is 1. The number of benzene rings is 2. The van der Waals surface area contributed by atoms with E-state index in [1.807, 2.05) is 48.5 Å². The van der Waals surface area contributed by atoms with Crippen molar-refractivity contribution in [2.75, 3.05) is 0 Å². The van der Waals surface area contributed by atoms with Crippen molar-refractivity contribution < 1.29 is 23.1 Å². The van der Waals surface area contributed by atoms with Crippen LogP contribution < -0.4 is 15.1 Å². The summed E-state index contributed by atoms with van der Waals surface area (Å²) >= 11 is 0. The Morgan fingerprint density at radius 3 is 2.17 bits per heavy atom. The van der Waals surface area contributed by atoms with Gasteiger partial charge in [0.2, 0.25) is 0 Å². The Kier molecular flexibility index (Phi) is 4.68. The summed E-state index contributed by atoms with van der Waals surface area (Å²) in [7, 11) is 0. The molecular weight excluding hydrogens is 372 g/mol. The minimum Gasteiger partial charge on any atom is -0.453 e. The molecule has 1 aliphatic rings. The molecule has 0 N–H and O–H groups in total. The SMILES string of the molecule is CC(=O)Oc1c(C)c(-c2cc3ccccc3o2)oc(=O)c1C.c1ccc2c(c1)O2. The predicted molar refractivity (Wildman–Crippen MR) is 107 cm³/mol. The van der Waals surface area contributed by atoms with E-state index in [0.29, 0.717) is 16.9 Å². The zero-order valence-corrected chi connectivity index (χ0v) is 16.1. The molecule has 2 aromatic carbocycles. The molecule has 0 bridgehead atoms. The molecule has 0 amide bonds. The topological polar surface area (TPSA) is 82.2 Å². The number of para-hydroxylation sites is 3. The Balaban J connectivity index is 0.000000243. The maximum absolute atomic E-state index is 12.0. The molecule has 0 spiro atoms. The Morgan fingerprint density at radius 1 is 0.897 bits per heavy atom. The highest BCUT2D eigenvalue weighted by Crippen LogP contribution is 2.43. The first-order chi connectivity index (χ1) is 13.9. The molecule has 146 valence electrons. The molecule has 1 aliphatic heterocycles. The summed E-state index contributed by atoms with van der Waals surface area (Å²) in [6.07, 6.45) is 0. The van der Waals surface area contributed by atoms with Gasteiger partial charge in [-0.3, -0.25) is 4.79 Å². The number of fused-ring (bicyclic) bond motifs is 2. The molecule has 0 saturated carbocycles. The number of esters is 1. The van der Waals surface area contributed by atoms with Crippen LogP contribution in [0.5, 0.6) is 17.2 Å². The van der Waals surface area contributed by atoms with Crippen LogP contribution in [0.4, 0.5) is 0 Å². The average molecular weight is 390 g/mol. The molecule has 3 heterocycles. The van der Waals surface area contributed by atoms with Crippen molar-refractivity contribution in [2.45, 2.75) is 20.8 Å². The number of hydrogen-bond acceptors (Lipinski definition) is 6. The monoisotopic (exact) mass is 390 g/mol. The van der Waals surface area contributed by atoms with Gasteiger partial charge in [-0.15, -0.1) is 0 Å². The van der Waals surface area contributed by atoms with Crippen LogP contribution in [0.15, 0.2) is 68.2 Å². The lowest BCUT2D eigenvalue weighted by molar-refractivity contribution is -0.132. The lowest BCUT2D eigenvalue weighted by Gasteiger charge is -2.10. The van der Waals surface area contributed by atoms with E-state index in [1.165, 1.54) is 6.92 Å². The minimum absolute atomic E-state index is 0.221. The maximum atomic E-state index is 12.0. The minimum atomic E-state index is -0.558. The molecule has 6 heteroatoms. The molecule has 29 heavy (non-hydrogen) atoms. The third kappa shape index (κ3) is 3.78. The van der Waals surface area contributed by atoms with Crippen LogP contribution in [-0.2, 0) is 4.79 Å². The average Bonchev–Trinajstić information content (AvgIpc) is 3.37. The summed E-state index contributed by atoms with van der Waals surface area (Å²) in [5.41, 5.74) is 0.936. The van der Waals surface area contributed by atoms with Crippen molar-refractivity contribution in [2.24, 2.45) is 0 Å². The van der Waals surface area contributed by atoms with Crippen LogP contribution in [0.1, 0.15) is 18.1 Å². The van der Waals surface area contributed by atoms with Crippen molar-refractivity contribution in [3.63, 3.8) is 0 Å². The van der Waals surface area contributed by atoms with Gasteiger partial charge in [-0.25, -0.2) is 4.79 Å². The third-order valence-electron chi connectivity index (χ3n) is 4.45. The van der Waals surface area contributed by atoms with Gasteiger partial charge < -0.3 is 18.3 Å². The summed E-state index contributed by atoms with van der Waals surface area (Å²) in [4.78, 5) is 23.2. The van der Waals surface area contributed by atoms with Crippen LogP contribution >= 0.6 is 0 Å². The fraction of sp³-hybridized carbons (Fsp3) is 0.130. The number of ether oxygens (including phenoxy) is 2.